The number of benzene rings is 2. The summed E-state index contributed by atoms with van der Waals surface area (Å²) in [5.74, 6) is -1.23. The molecule has 224 valence electrons. The highest BCUT2D eigenvalue weighted by atomic mass is 16.2. The fourth-order valence-corrected chi connectivity index (χ4v) is 5.55. The average molecular weight is 603 g/mol. The molecule has 12 nitrogen and oxygen atoms in total. The highest BCUT2D eigenvalue weighted by Gasteiger charge is 2.23. The minimum absolute atomic E-state index is 0.00367. The van der Waals surface area contributed by atoms with Crippen LogP contribution in [0.1, 0.15) is 45.7 Å². The van der Waals surface area contributed by atoms with Crippen LogP contribution in [0.4, 0.5) is 0 Å². The summed E-state index contributed by atoms with van der Waals surface area (Å²) in [7, 11) is 0. The molecule has 0 aliphatic carbocycles. The summed E-state index contributed by atoms with van der Waals surface area (Å²) in [6.07, 6.45) is 2.55. The molecular formula is C33H26N6O6. The zero-order valence-corrected chi connectivity index (χ0v) is 24.7. The molecule has 6 rings (SSSR count). The minimum Gasteiger partial charge on any atom is -0.275 e. The quantitative estimate of drug-likeness (QED) is 0.294. The van der Waals surface area contributed by atoms with Crippen molar-refractivity contribution in [3.63, 3.8) is 0 Å². The first-order valence-corrected chi connectivity index (χ1v) is 13.9. The Hall–Kier alpha value is -6.26. The van der Waals surface area contributed by atoms with Gasteiger partial charge in [0.05, 0.1) is 33.3 Å². The zero-order chi connectivity index (χ0) is 32.2. The van der Waals surface area contributed by atoms with Crippen molar-refractivity contribution in [2.24, 2.45) is 0 Å². The van der Waals surface area contributed by atoms with E-state index in [0.29, 0.717) is 22.5 Å². The Labute approximate surface area is 253 Å². The van der Waals surface area contributed by atoms with Gasteiger partial charge in [-0.05, 0) is 61.4 Å². The normalized spacial score (nSPS) is 11.1. The minimum atomic E-state index is -0.695. The second-order valence-electron chi connectivity index (χ2n) is 10.5. The molecule has 2 N–H and O–H groups in total. The number of hydrogen-bond donors (Lipinski definition) is 2. The second-order valence-corrected chi connectivity index (χ2v) is 10.5. The molecule has 45 heavy (non-hydrogen) atoms. The summed E-state index contributed by atoms with van der Waals surface area (Å²) in [4.78, 5) is 79.3. The first kappa shape index (κ1) is 28.8. The van der Waals surface area contributed by atoms with Gasteiger partial charge >= 0.3 is 0 Å². The van der Waals surface area contributed by atoms with E-state index < -0.39 is 34.1 Å². The molecule has 0 amide bonds. The Morgan fingerprint density at radius 2 is 0.956 bits per heavy atom. The number of H-pyrrole nitrogens is 2. The maximum Gasteiger partial charge on any atom is 0.281 e. The monoisotopic (exact) mass is 602 g/mol. The molecule has 2 aromatic carbocycles. The lowest BCUT2D eigenvalue weighted by atomic mass is 10.1. The number of pyridine rings is 2. The van der Waals surface area contributed by atoms with E-state index in [1.807, 2.05) is 0 Å². The van der Waals surface area contributed by atoms with Crippen molar-refractivity contribution < 1.29 is 9.59 Å². The average Bonchev–Trinajstić information content (AvgIpc) is 3.53. The highest BCUT2D eigenvalue weighted by Crippen LogP contribution is 2.20. The Balaban J connectivity index is 1.59. The van der Waals surface area contributed by atoms with Gasteiger partial charge in [0, 0.05) is 13.8 Å². The third kappa shape index (κ3) is 4.48. The molecule has 0 aliphatic rings. The van der Waals surface area contributed by atoms with Crippen LogP contribution < -0.4 is 22.2 Å². The Bertz CT molecular complexity index is 2340. The van der Waals surface area contributed by atoms with Crippen LogP contribution in [0.3, 0.4) is 0 Å². The van der Waals surface area contributed by atoms with Gasteiger partial charge in [-0.2, -0.15) is 0 Å². The van der Waals surface area contributed by atoms with Crippen LogP contribution in [0.5, 0.6) is 0 Å². The van der Waals surface area contributed by atoms with E-state index in [4.69, 9.17) is 0 Å². The summed E-state index contributed by atoms with van der Waals surface area (Å²) >= 11 is 0. The van der Waals surface area contributed by atoms with Gasteiger partial charge in [0.2, 0.25) is 11.8 Å². The van der Waals surface area contributed by atoms with Crippen molar-refractivity contribution in [2.75, 3.05) is 0 Å². The standard InChI is InChI=1S/C33H26N6O6/c1-18-24(30(42)36(20(3)40)28-26(18)32(44)38(34-28)22-12-7-5-8-13-22)16-11-17-25-19(2)27-29(37(21(4)41)31(25)43)35-39(33(27)45)23-14-9-6-10-15-23/h5-10,12-17,34-35H,1-4H3. The van der Waals surface area contributed by atoms with E-state index in [0.717, 1.165) is 9.13 Å². The lowest BCUT2D eigenvalue weighted by molar-refractivity contribution is 0.0928. The topological polar surface area (TPSA) is 154 Å². The number of nitrogens with one attached hydrogen (secondary N) is 2. The summed E-state index contributed by atoms with van der Waals surface area (Å²) in [6, 6.07) is 17.4. The predicted octanol–water partition coefficient (Wildman–Crippen LogP) is 3.54. The van der Waals surface area contributed by atoms with Crippen LogP contribution in [-0.4, -0.2) is 40.5 Å². The predicted molar refractivity (Wildman–Crippen MR) is 171 cm³/mol. The molecule has 0 radical (unpaired) electrons. The fourth-order valence-electron chi connectivity index (χ4n) is 5.55. The van der Waals surface area contributed by atoms with E-state index in [1.54, 1.807) is 74.5 Å². The van der Waals surface area contributed by atoms with Crippen LogP contribution >= 0.6 is 0 Å². The molecule has 12 heteroatoms. The molecule has 0 atom stereocenters. The van der Waals surface area contributed by atoms with Gasteiger partial charge in [0.1, 0.15) is 11.3 Å². The number of carbonyl (C=O) groups excluding carboxylic acids is 2. The van der Waals surface area contributed by atoms with Gasteiger partial charge in [-0.15, -0.1) is 5.73 Å². The van der Waals surface area contributed by atoms with Crippen molar-refractivity contribution in [1.29, 1.82) is 0 Å². The Morgan fingerprint density at radius 3 is 1.29 bits per heavy atom. The van der Waals surface area contributed by atoms with Gasteiger partial charge in [-0.1, -0.05) is 36.4 Å². The molecule has 6 aromatic rings. The molecule has 0 spiro atoms. The third-order valence-corrected chi connectivity index (χ3v) is 7.73. The molecule has 0 bridgehead atoms. The maximum atomic E-state index is 13.5. The van der Waals surface area contributed by atoms with Gasteiger partial charge in [0.25, 0.3) is 22.2 Å². The van der Waals surface area contributed by atoms with E-state index in [2.05, 4.69) is 15.9 Å². The summed E-state index contributed by atoms with van der Waals surface area (Å²) in [6.45, 7) is 5.58. The van der Waals surface area contributed by atoms with Crippen molar-refractivity contribution in [2.45, 2.75) is 27.7 Å². The van der Waals surface area contributed by atoms with Gasteiger partial charge in [-0.3, -0.25) is 39.0 Å². The van der Waals surface area contributed by atoms with Gasteiger partial charge in [0.15, 0.2) is 0 Å². The number of rotatable bonds is 4. The molecule has 4 heterocycles. The summed E-state index contributed by atoms with van der Waals surface area (Å²) in [5, 5.41) is 6.03. The van der Waals surface area contributed by atoms with E-state index in [1.165, 1.54) is 35.4 Å². The number of nitrogens with zero attached hydrogens (tertiary/aromatic N) is 4. The number of aromatic nitrogens is 6. The summed E-state index contributed by atoms with van der Waals surface area (Å²) < 4.78 is 4.26. The van der Waals surface area contributed by atoms with Crippen molar-refractivity contribution in [3.05, 3.63) is 130 Å². The fraction of sp³-hybridized carbons (Fsp3) is 0.121. The SMILES string of the molecule is CC(=O)n1c(=O)c(C=C=Cc2c(C)c3c(=O)n(-c4ccccc4)[nH]c3n(C(C)=O)c2=O)c(C)c2c(=O)n(-c3ccccc3)[nH]c21. The van der Waals surface area contributed by atoms with E-state index in [9.17, 15) is 28.8 Å². The molecule has 0 aliphatic heterocycles. The van der Waals surface area contributed by atoms with Crippen LogP contribution in [0.15, 0.2) is 85.6 Å². The van der Waals surface area contributed by atoms with E-state index >= 15 is 0 Å². The van der Waals surface area contributed by atoms with E-state index in [-0.39, 0.29) is 33.2 Å². The number of carbonyl (C=O) groups is 2. The molecule has 0 fully saturated rings. The molecule has 4 aromatic heterocycles. The second kappa shape index (κ2) is 10.8. The van der Waals surface area contributed by atoms with Crippen LogP contribution in [0, 0.1) is 13.8 Å². The molecule has 0 saturated carbocycles. The largest absolute Gasteiger partial charge is 0.281 e. The van der Waals surface area contributed by atoms with Crippen molar-refractivity contribution >= 4 is 46.0 Å². The third-order valence-electron chi connectivity index (χ3n) is 7.73. The lowest BCUT2D eigenvalue weighted by Crippen LogP contribution is -2.28. The maximum absolute atomic E-state index is 13.5. The number of fused-ring (bicyclic) bond motifs is 2. The van der Waals surface area contributed by atoms with Crippen LogP contribution in [0.2, 0.25) is 0 Å². The van der Waals surface area contributed by atoms with Crippen molar-refractivity contribution in [1.82, 2.24) is 28.7 Å². The molecule has 0 saturated heterocycles. The molecule has 0 unspecified atom stereocenters. The first-order chi connectivity index (χ1) is 21.5. The Morgan fingerprint density at radius 1 is 0.600 bits per heavy atom. The highest BCUT2D eigenvalue weighted by molar-refractivity contribution is 5.93. The first-order valence-electron chi connectivity index (χ1n) is 13.9. The van der Waals surface area contributed by atoms with Gasteiger partial charge < -0.3 is 0 Å². The summed E-state index contributed by atoms with van der Waals surface area (Å²) in [5.41, 5.74) is 2.24. The van der Waals surface area contributed by atoms with Crippen LogP contribution in [0.25, 0.3) is 45.6 Å². The van der Waals surface area contributed by atoms with Gasteiger partial charge in [-0.25, -0.2) is 18.5 Å². The number of para-hydroxylation sites is 2. The molecular weight excluding hydrogens is 576 g/mol. The zero-order valence-electron chi connectivity index (χ0n) is 24.7. The smallest absolute Gasteiger partial charge is 0.275 e. The number of aromatic amines is 2. The van der Waals surface area contributed by atoms with Crippen LogP contribution in [-0.2, 0) is 0 Å². The lowest BCUT2D eigenvalue weighted by Gasteiger charge is -2.07. The Kier molecular flexibility index (Phi) is 6.91. The van der Waals surface area contributed by atoms with Crippen molar-refractivity contribution in [3.8, 4) is 11.4 Å². The number of hydrogen-bond acceptors (Lipinski definition) is 6. The number of aryl methyl sites for hydroxylation is 2.